The van der Waals surface area contributed by atoms with Gasteiger partial charge in [-0.1, -0.05) is 66.7 Å². The topological polar surface area (TPSA) is 44.7 Å². The van der Waals surface area contributed by atoms with Gasteiger partial charge in [0.1, 0.15) is 5.75 Å². The van der Waals surface area contributed by atoms with Crippen molar-refractivity contribution in [3.05, 3.63) is 101 Å². The van der Waals surface area contributed by atoms with Gasteiger partial charge in [0.05, 0.1) is 13.7 Å². The number of nitrogens with zero attached hydrogens (tertiary/aromatic N) is 1. The Kier molecular flexibility index (Phi) is 6.77. The van der Waals surface area contributed by atoms with Crippen LogP contribution in [0, 0.1) is 5.92 Å². The molecule has 0 amide bonds. The molecular formula is C29H34N2O2. The van der Waals surface area contributed by atoms with Crippen LogP contribution in [0.2, 0.25) is 0 Å². The smallest absolute Gasteiger partial charge is 0.123 e. The normalized spacial score (nSPS) is 24.2. The van der Waals surface area contributed by atoms with E-state index in [9.17, 15) is 5.11 Å². The average molecular weight is 443 g/mol. The molecule has 2 bridgehead atoms. The minimum absolute atomic E-state index is 0.0452. The molecule has 0 spiro atoms. The summed E-state index contributed by atoms with van der Waals surface area (Å²) >= 11 is 0. The third-order valence-corrected chi connectivity index (χ3v) is 7.59. The van der Waals surface area contributed by atoms with Crippen LogP contribution in [0.15, 0.2) is 78.9 Å². The highest BCUT2D eigenvalue weighted by molar-refractivity contribution is 5.38. The molecule has 0 unspecified atom stereocenters. The van der Waals surface area contributed by atoms with Gasteiger partial charge in [-0.05, 0) is 60.7 Å². The van der Waals surface area contributed by atoms with Crippen LogP contribution in [-0.2, 0) is 13.2 Å². The Labute approximate surface area is 197 Å². The van der Waals surface area contributed by atoms with Crippen LogP contribution in [-0.4, -0.2) is 42.3 Å². The first kappa shape index (κ1) is 22.1. The van der Waals surface area contributed by atoms with Crippen molar-refractivity contribution in [1.29, 1.82) is 0 Å². The lowest BCUT2D eigenvalue weighted by Crippen LogP contribution is -2.64. The van der Waals surface area contributed by atoms with Gasteiger partial charge in [0.25, 0.3) is 0 Å². The van der Waals surface area contributed by atoms with Crippen LogP contribution >= 0.6 is 0 Å². The van der Waals surface area contributed by atoms with Crippen molar-refractivity contribution >= 4 is 0 Å². The lowest BCUT2D eigenvalue weighted by atomic mass is 9.70. The fourth-order valence-corrected chi connectivity index (χ4v) is 5.99. The van der Waals surface area contributed by atoms with E-state index in [0.717, 1.165) is 23.4 Å². The van der Waals surface area contributed by atoms with E-state index in [1.807, 2.05) is 12.1 Å². The Morgan fingerprint density at radius 3 is 2.15 bits per heavy atom. The van der Waals surface area contributed by atoms with Gasteiger partial charge in [0, 0.05) is 30.1 Å². The van der Waals surface area contributed by atoms with E-state index in [2.05, 4.69) is 76.9 Å². The van der Waals surface area contributed by atoms with Gasteiger partial charge in [-0.15, -0.1) is 0 Å². The van der Waals surface area contributed by atoms with E-state index in [-0.39, 0.29) is 6.61 Å². The van der Waals surface area contributed by atoms with Crippen molar-refractivity contribution in [2.75, 3.05) is 20.2 Å². The van der Waals surface area contributed by atoms with E-state index in [0.29, 0.717) is 23.9 Å². The molecule has 0 radical (unpaired) electrons. The van der Waals surface area contributed by atoms with Crippen molar-refractivity contribution in [1.82, 2.24) is 10.2 Å². The monoisotopic (exact) mass is 442 g/mol. The van der Waals surface area contributed by atoms with Crippen molar-refractivity contribution in [2.24, 2.45) is 5.92 Å². The average Bonchev–Trinajstić information content (AvgIpc) is 2.90. The van der Waals surface area contributed by atoms with Crippen molar-refractivity contribution < 1.29 is 9.84 Å². The second-order valence-electron chi connectivity index (χ2n) is 9.37. The molecule has 2 atom stereocenters. The van der Waals surface area contributed by atoms with E-state index in [1.165, 1.54) is 37.1 Å². The van der Waals surface area contributed by atoms with Gasteiger partial charge in [-0.3, -0.25) is 4.90 Å². The fourth-order valence-electron chi connectivity index (χ4n) is 5.99. The summed E-state index contributed by atoms with van der Waals surface area (Å²) in [7, 11) is 1.72. The molecule has 4 nitrogen and oxygen atoms in total. The van der Waals surface area contributed by atoms with E-state index in [4.69, 9.17) is 4.74 Å². The molecule has 3 fully saturated rings. The van der Waals surface area contributed by atoms with Gasteiger partial charge < -0.3 is 15.2 Å². The van der Waals surface area contributed by atoms with Gasteiger partial charge in [0.2, 0.25) is 0 Å². The SMILES string of the molecule is COc1ccc(CO)cc1CN[C@@H]1C2CCN(CC2)[C@@H]1C(c1ccccc1)c1ccccc1. The number of hydrogen-bond donors (Lipinski definition) is 2. The molecule has 3 aromatic carbocycles. The van der Waals surface area contributed by atoms with Crippen LogP contribution < -0.4 is 10.1 Å². The summed E-state index contributed by atoms with van der Waals surface area (Å²) in [5.41, 5.74) is 4.79. The third kappa shape index (κ3) is 4.56. The van der Waals surface area contributed by atoms with Crippen LogP contribution in [0.3, 0.4) is 0 Å². The quantitative estimate of drug-likeness (QED) is 0.536. The lowest BCUT2D eigenvalue weighted by Gasteiger charge is -2.54. The molecule has 3 aliphatic heterocycles. The molecule has 3 aliphatic rings. The summed E-state index contributed by atoms with van der Waals surface area (Å²) in [6.45, 7) is 3.13. The van der Waals surface area contributed by atoms with Crippen LogP contribution in [0.4, 0.5) is 0 Å². The third-order valence-electron chi connectivity index (χ3n) is 7.59. The number of hydrogen-bond acceptors (Lipinski definition) is 4. The number of ether oxygens (including phenoxy) is 1. The molecule has 172 valence electrons. The molecular weight excluding hydrogens is 408 g/mol. The molecule has 3 saturated heterocycles. The molecule has 0 aromatic heterocycles. The zero-order valence-corrected chi connectivity index (χ0v) is 19.4. The number of fused-ring (bicyclic) bond motifs is 3. The number of rotatable bonds is 8. The molecule has 0 aliphatic carbocycles. The maximum absolute atomic E-state index is 9.63. The van der Waals surface area contributed by atoms with E-state index < -0.39 is 0 Å². The Morgan fingerprint density at radius 2 is 1.58 bits per heavy atom. The van der Waals surface area contributed by atoms with Crippen molar-refractivity contribution in [3.8, 4) is 5.75 Å². The second-order valence-corrected chi connectivity index (χ2v) is 9.37. The highest BCUT2D eigenvalue weighted by Crippen LogP contribution is 2.42. The van der Waals surface area contributed by atoms with Gasteiger partial charge >= 0.3 is 0 Å². The Hall–Kier alpha value is -2.66. The summed E-state index contributed by atoms with van der Waals surface area (Å²) < 4.78 is 5.63. The standard InChI is InChI=1S/C29H34N2O2/c1-33-26-13-12-21(20-32)18-25(26)19-30-28-24-14-16-31(17-15-24)29(28)27(22-8-4-2-5-9-22)23-10-6-3-7-11-23/h2-13,18,24,27-30,32H,14-17,19-20H2,1H3/t28-,29-/m1/s1. The molecule has 6 rings (SSSR count). The highest BCUT2D eigenvalue weighted by atomic mass is 16.5. The summed E-state index contributed by atoms with van der Waals surface area (Å²) in [6, 6.07) is 28.7. The summed E-state index contributed by atoms with van der Waals surface area (Å²) in [4.78, 5) is 2.71. The van der Waals surface area contributed by atoms with Crippen LogP contribution in [0.25, 0.3) is 0 Å². The number of methoxy groups -OCH3 is 1. The Morgan fingerprint density at radius 1 is 0.939 bits per heavy atom. The molecule has 4 heteroatoms. The first-order chi connectivity index (χ1) is 16.3. The molecule has 3 aromatic rings. The zero-order valence-electron chi connectivity index (χ0n) is 19.4. The second kappa shape index (κ2) is 10.1. The highest BCUT2D eigenvalue weighted by Gasteiger charge is 2.46. The summed E-state index contributed by atoms with van der Waals surface area (Å²) in [6.07, 6.45) is 2.50. The zero-order chi connectivity index (χ0) is 22.6. The van der Waals surface area contributed by atoms with Gasteiger partial charge in [-0.2, -0.15) is 0 Å². The summed E-state index contributed by atoms with van der Waals surface area (Å²) in [5.74, 6) is 1.86. The van der Waals surface area contributed by atoms with Gasteiger partial charge in [0.15, 0.2) is 0 Å². The van der Waals surface area contributed by atoms with Crippen molar-refractivity contribution in [3.63, 3.8) is 0 Å². The number of aliphatic hydroxyl groups is 1. The van der Waals surface area contributed by atoms with E-state index >= 15 is 0 Å². The number of nitrogens with one attached hydrogen (secondary N) is 1. The summed E-state index contributed by atoms with van der Waals surface area (Å²) in [5, 5.41) is 13.6. The number of benzene rings is 3. The largest absolute Gasteiger partial charge is 0.496 e. The van der Waals surface area contributed by atoms with Crippen LogP contribution in [0.5, 0.6) is 5.75 Å². The molecule has 2 N–H and O–H groups in total. The predicted molar refractivity (Wildman–Crippen MR) is 132 cm³/mol. The van der Waals surface area contributed by atoms with Gasteiger partial charge in [-0.25, -0.2) is 0 Å². The maximum atomic E-state index is 9.63. The number of piperidine rings is 3. The van der Waals surface area contributed by atoms with E-state index in [1.54, 1.807) is 7.11 Å². The first-order valence-electron chi connectivity index (χ1n) is 12.1. The Bertz CT molecular complexity index is 993. The van der Waals surface area contributed by atoms with Crippen LogP contribution in [0.1, 0.15) is 41.0 Å². The predicted octanol–water partition coefficient (Wildman–Crippen LogP) is 4.57. The van der Waals surface area contributed by atoms with Crippen molar-refractivity contribution in [2.45, 2.75) is 44.0 Å². The fraction of sp³-hybridized carbons (Fsp3) is 0.379. The lowest BCUT2D eigenvalue weighted by molar-refractivity contribution is 0.00462. The molecule has 33 heavy (non-hydrogen) atoms. The minimum atomic E-state index is 0.0452. The number of aliphatic hydroxyl groups excluding tert-OH is 1. The Balaban J connectivity index is 1.48. The first-order valence-corrected chi connectivity index (χ1v) is 12.1. The molecule has 3 heterocycles. The molecule has 0 saturated carbocycles. The minimum Gasteiger partial charge on any atom is -0.496 e. The maximum Gasteiger partial charge on any atom is 0.123 e.